The molecule has 1 unspecified atom stereocenters. The number of aromatic nitrogens is 2. The molecule has 2 aromatic rings. The van der Waals surface area contributed by atoms with Gasteiger partial charge in [-0.05, 0) is 51.3 Å². The molecule has 3 heterocycles. The molecule has 0 aromatic carbocycles. The summed E-state index contributed by atoms with van der Waals surface area (Å²) in [5.41, 5.74) is -1.81. The van der Waals surface area contributed by atoms with Crippen LogP contribution in [0.5, 0.6) is 0 Å². The number of nitrogens with one attached hydrogen (secondary N) is 1. The molecule has 1 atom stereocenters. The van der Waals surface area contributed by atoms with Crippen LogP contribution >= 0.6 is 0 Å². The lowest BCUT2D eigenvalue weighted by atomic mass is 10.1. The van der Waals surface area contributed by atoms with E-state index in [0.717, 1.165) is 38.4 Å². The Bertz CT molecular complexity index is 1080. The van der Waals surface area contributed by atoms with E-state index in [2.05, 4.69) is 10.3 Å². The number of alkyl halides is 3. The molecule has 0 amide bonds. The first-order chi connectivity index (χ1) is 15.2. The number of hydrogen-bond acceptors (Lipinski definition) is 6. The van der Waals surface area contributed by atoms with Crippen molar-refractivity contribution in [3.63, 3.8) is 0 Å². The summed E-state index contributed by atoms with van der Waals surface area (Å²) in [5.74, 6) is -0.760. The minimum Gasteiger partial charge on any atom is -0.462 e. The highest BCUT2D eigenvalue weighted by Gasteiger charge is 2.39. The minimum atomic E-state index is -4.69. The van der Waals surface area contributed by atoms with Crippen LogP contribution in [0.4, 0.5) is 19.0 Å². The van der Waals surface area contributed by atoms with Gasteiger partial charge >= 0.3 is 12.1 Å². The van der Waals surface area contributed by atoms with E-state index < -0.39 is 23.1 Å². The summed E-state index contributed by atoms with van der Waals surface area (Å²) in [6.07, 6.45) is -0.907. The van der Waals surface area contributed by atoms with Crippen molar-refractivity contribution in [2.45, 2.75) is 45.3 Å². The number of carbonyl (C=O) groups excluding carboxylic acids is 1. The van der Waals surface area contributed by atoms with E-state index in [0.29, 0.717) is 13.1 Å². The number of fused-ring (bicyclic) bond motifs is 1. The number of pyridine rings is 2. The zero-order chi connectivity index (χ0) is 23.0. The molecule has 2 fully saturated rings. The topological polar surface area (TPSA) is 76.5 Å². The van der Waals surface area contributed by atoms with Crippen LogP contribution in [0.25, 0.3) is 11.0 Å². The van der Waals surface area contributed by atoms with Crippen LogP contribution in [-0.4, -0.2) is 48.3 Å². The molecule has 1 saturated heterocycles. The summed E-state index contributed by atoms with van der Waals surface area (Å²) in [4.78, 5) is 31.3. The Kier molecular flexibility index (Phi) is 6.15. The lowest BCUT2D eigenvalue weighted by molar-refractivity contribution is -0.137. The molecule has 32 heavy (non-hydrogen) atoms. The molecule has 0 spiro atoms. The predicted molar refractivity (Wildman–Crippen MR) is 114 cm³/mol. The van der Waals surface area contributed by atoms with E-state index in [1.165, 1.54) is 6.20 Å². The summed E-state index contributed by atoms with van der Waals surface area (Å²) >= 11 is 0. The first-order valence-corrected chi connectivity index (χ1v) is 11.0. The third-order valence-electron chi connectivity index (χ3n) is 5.99. The summed E-state index contributed by atoms with van der Waals surface area (Å²) < 4.78 is 48.7. The van der Waals surface area contributed by atoms with Crippen molar-refractivity contribution < 1.29 is 22.7 Å². The van der Waals surface area contributed by atoms with E-state index in [9.17, 15) is 22.8 Å². The molecule has 0 radical (unpaired) electrons. The normalized spacial score (nSPS) is 19.0. The Labute approximate surface area is 183 Å². The number of esters is 1. The van der Waals surface area contributed by atoms with E-state index in [-0.39, 0.29) is 41.0 Å². The molecule has 0 bridgehead atoms. The summed E-state index contributed by atoms with van der Waals surface area (Å²) in [6, 6.07) is 0.864. The maximum atomic E-state index is 14.0. The zero-order valence-electron chi connectivity index (χ0n) is 18.2. The Morgan fingerprint density at radius 1 is 1.28 bits per heavy atom. The third-order valence-corrected chi connectivity index (χ3v) is 5.99. The van der Waals surface area contributed by atoms with Crippen molar-refractivity contribution in [2.75, 3.05) is 37.7 Å². The third kappa shape index (κ3) is 4.32. The number of halogens is 3. The highest BCUT2D eigenvalue weighted by atomic mass is 19.4. The van der Waals surface area contributed by atoms with Crippen molar-refractivity contribution in [1.29, 1.82) is 0 Å². The fourth-order valence-electron chi connectivity index (χ4n) is 4.24. The van der Waals surface area contributed by atoms with Gasteiger partial charge in [0.15, 0.2) is 0 Å². The lowest BCUT2D eigenvalue weighted by Crippen LogP contribution is -2.29. The molecular formula is C22H27F3N4O3. The summed E-state index contributed by atoms with van der Waals surface area (Å²) in [7, 11) is 0. The van der Waals surface area contributed by atoms with Gasteiger partial charge in [-0.1, -0.05) is 6.92 Å². The number of hydrogen-bond donors (Lipinski definition) is 1. The van der Waals surface area contributed by atoms with Crippen LogP contribution in [0.3, 0.4) is 0 Å². The molecule has 1 aliphatic heterocycles. The maximum absolute atomic E-state index is 14.0. The van der Waals surface area contributed by atoms with E-state index >= 15 is 0 Å². The molecule has 7 nitrogen and oxygen atoms in total. The lowest BCUT2D eigenvalue weighted by Gasteiger charge is -2.24. The number of rotatable bonds is 7. The fraction of sp³-hybridized carbons (Fsp3) is 0.591. The Morgan fingerprint density at radius 3 is 2.66 bits per heavy atom. The molecular weight excluding hydrogens is 425 g/mol. The number of nitrogens with zero attached hydrogens (tertiary/aromatic N) is 3. The standard InChI is InChI=1S/C22H27F3N4O3/c1-3-26-10-13-7-8-28(11-13)20-17(22(23,24)25)9-15-18(30)16(21(31)32-4-2)12-29(14-5-6-14)19(15)27-20/h9,12-14,26H,3-8,10-11H2,1-2H3. The molecule has 1 saturated carbocycles. The van der Waals surface area contributed by atoms with Gasteiger partial charge in [-0.2, -0.15) is 13.2 Å². The first kappa shape index (κ1) is 22.6. The molecule has 2 aliphatic rings. The SMILES string of the molecule is CCNCC1CCN(c2nc3c(cc2C(F)(F)F)c(=O)c(C(=O)OCC)cn3C2CC2)C1. The fourth-order valence-corrected chi connectivity index (χ4v) is 4.24. The Morgan fingerprint density at radius 2 is 2.03 bits per heavy atom. The Balaban J connectivity index is 1.86. The molecule has 2 aromatic heterocycles. The van der Waals surface area contributed by atoms with Crippen LogP contribution in [0.2, 0.25) is 0 Å². The molecule has 10 heteroatoms. The van der Waals surface area contributed by atoms with Crippen molar-refractivity contribution in [2.24, 2.45) is 5.92 Å². The monoisotopic (exact) mass is 452 g/mol. The van der Waals surface area contributed by atoms with Crippen molar-refractivity contribution in [3.05, 3.63) is 33.6 Å². The van der Waals surface area contributed by atoms with E-state index in [1.807, 2.05) is 6.92 Å². The van der Waals surface area contributed by atoms with Crippen LogP contribution in [0.15, 0.2) is 17.1 Å². The van der Waals surface area contributed by atoms with Crippen molar-refractivity contribution in [3.8, 4) is 0 Å². The maximum Gasteiger partial charge on any atom is 0.419 e. The smallest absolute Gasteiger partial charge is 0.419 e. The average Bonchev–Trinajstić information content (AvgIpc) is 3.48. The molecule has 1 aliphatic carbocycles. The van der Waals surface area contributed by atoms with Crippen LogP contribution in [-0.2, 0) is 10.9 Å². The van der Waals surface area contributed by atoms with Gasteiger partial charge in [0.1, 0.15) is 17.0 Å². The van der Waals surface area contributed by atoms with Crippen molar-refractivity contribution in [1.82, 2.24) is 14.9 Å². The summed E-state index contributed by atoms with van der Waals surface area (Å²) in [5, 5.41) is 3.04. The second-order valence-corrected chi connectivity index (χ2v) is 8.37. The second-order valence-electron chi connectivity index (χ2n) is 8.37. The van der Waals surface area contributed by atoms with Gasteiger partial charge in [0.25, 0.3) is 0 Å². The molecule has 4 rings (SSSR count). The minimum absolute atomic E-state index is 0.00319. The van der Waals surface area contributed by atoms with E-state index in [1.54, 1.807) is 16.4 Å². The first-order valence-electron chi connectivity index (χ1n) is 11.0. The Hall–Kier alpha value is -2.62. The highest BCUT2D eigenvalue weighted by molar-refractivity contribution is 5.93. The van der Waals surface area contributed by atoms with Crippen LogP contribution in [0.1, 0.15) is 55.1 Å². The number of anilines is 1. The quantitative estimate of drug-likeness (QED) is 0.650. The summed E-state index contributed by atoms with van der Waals surface area (Å²) in [6.45, 7) is 6.12. The second kappa shape index (κ2) is 8.73. The number of ether oxygens (including phenoxy) is 1. The van der Waals surface area contributed by atoms with Gasteiger partial charge in [0.2, 0.25) is 5.43 Å². The highest BCUT2D eigenvalue weighted by Crippen LogP contribution is 2.41. The van der Waals surface area contributed by atoms with Gasteiger partial charge in [-0.25, -0.2) is 9.78 Å². The van der Waals surface area contributed by atoms with Crippen molar-refractivity contribution >= 4 is 22.8 Å². The van der Waals surface area contributed by atoms with Gasteiger partial charge in [0, 0.05) is 25.3 Å². The predicted octanol–water partition coefficient (Wildman–Crippen LogP) is 3.36. The molecule has 1 N–H and O–H groups in total. The zero-order valence-corrected chi connectivity index (χ0v) is 18.2. The van der Waals surface area contributed by atoms with Gasteiger partial charge < -0.3 is 19.5 Å². The van der Waals surface area contributed by atoms with Gasteiger partial charge in [0.05, 0.1) is 17.6 Å². The van der Waals surface area contributed by atoms with Gasteiger partial charge in [-0.15, -0.1) is 0 Å². The van der Waals surface area contributed by atoms with E-state index in [4.69, 9.17) is 4.74 Å². The largest absolute Gasteiger partial charge is 0.462 e. The van der Waals surface area contributed by atoms with Crippen LogP contribution < -0.4 is 15.6 Å². The van der Waals surface area contributed by atoms with Gasteiger partial charge in [-0.3, -0.25) is 4.79 Å². The van der Waals surface area contributed by atoms with Crippen LogP contribution in [0, 0.1) is 5.92 Å². The number of carbonyl (C=O) groups is 1. The average molecular weight is 452 g/mol. The molecule has 174 valence electrons.